The summed E-state index contributed by atoms with van der Waals surface area (Å²) in [7, 11) is -2.25. The second-order valence-electron chi connectivity index (χ2n) is 3.01. The Morgan fingerprint density at radius 2 is 2.18 bits per heavy atom. The van der Waals surface area contributed by atoms with Crippen LogP contribution >= 0.6 is 27.5 Å². The Morgan fingerprint density at radius 1 is 1.53 bits per heavy atom. The summed E-state index contributed by atoms with van der Waals surface area (Å²) >= 11 is 8.62. The SMILES string of the molecule is COC(=O)c1cc(NS(=O)(=O)CBr)ccc1Cl. The van der Waals surface area contributed by atoms with Crippen LogP contribution in [0.4, 0.5) is 5.69 Å². The van der Waals surface area contributed by atoms with E-state index >= 15 is 0 Å². The monoisotopic (exact) mass is 341 g/mol. The maximum absolute atomic E-state index is 11.3. The Hall–Kier alpha value is -0.790. The standard InChI is InChI=1S/C9H9BrClNO4S/c1-16-9(13)7-4-6(2-3-8(7)11)12-17(14,15)5-10/h2-4,12H,5H2,1H3. The molecule has 0 heterocycles. The van der Waals surface area contributed by atoms with Crippen LogP contribution in [0.25, 0.3) is 0 Å². The smallest absolute Gasteiger partial charge is 0.339 e. The molecule has 0 aliphatic heterocycles. The first-order valence-electron chi connectivity index (χ1n) is 4.34. The summed E-state index contributed by atoms with van der Waals surface area (Å²) in [5.41, 5.74) is 0.346. The first kappa shape index (κ1) is 14.3. The largest absolute Gasteiger partial charge is 0.465 e. The molecule has 0 saturated heterocycles. The molecule has 0 aromatic heterocycles. The average Bonchev–Trinajstić information content (AvgIpc) is 2.30. The van der Waals surface area contributed by atoms with Crippen LogP contribution in [0.15, 0.2) is 18.2 Å². The normalized spacial score (nSPS) is 11.0. The number of carbonyl (C=O) groups excluding carboxylic acids is 1. The van der Waals surface area contributed by atoms with Crippen LogP contribution < -0.4 is 4.72 Å². The molecule has 1 rings (SSSR count). The highest BCUT2D eigenvalue weighted by Gasteiger charge is 2.14. The lowest BCUT2D eigenvalue weighted by Crippen LogP contribution is -2.13. The molecular formula is C9H9BrClNO4S. The van der Waals surface area contributed by atoms with Crippen molar-refractivity contribution in [2.75, 3.05) is 16.5 Å². The number of ether oxygens (including phenoxy) is 1. The number of halogens is 2. The zero-order valence-corrected chi connectivity index (χ0v) is 11.9. The Kier molecular flexibility index (Phi) is 4.79. The van der Waals surface area contributed by atoms with Gasteiger partial charge >= 0.3 is 5.97 Å². The van der Waals surface area contributed by atoms with Crippen molar-refractivity contribution in [2.45, 2.75) is 0 Å². The molecule has 1 aromatic rings. The van der Waals surface area contributed by atoms with Gasteiger partial charge in [-0.2, -0.15) is 0 Å². The van der Waals surface area contributed by atoms with Gasteiger partial charge in [-0.25, -0.2) is 13.2 Å². The number of anilines is 1. The number of methoxy groups -OCH3 is 1. The third kappa shape index (κ3) is 3.86. The number of rotatable bonds is 4. The van der Waals surface area contributed by atoms with Crippen LogP contribution in [-0.2, 0) is 14.8 Å². The van der Waals surface area contributed by atoms with E-state index in [-0.39, 0.29) is 20.9 Å². The van der Waals surface area contributed by atoms with Gasteiger partial charge in [0.2, 0.25) is 10.0 Å². The van der Waals surface area contributed by atoms with Crippen molar-refractivity contribution in [3.05, 3.63) is 28.8 Å². The summed E-state index contributed by atoms with van der Waals surface area (Å²) < 4.78 is 29.1. The summed E-state index contributed by atoms with van der Waals surface area (Å²) in [4.78, 5) is 11.3. The first-order valence-corrected chi connectivity index (χ1v) is 7.49. The lowest BCUT2D eigenvalue weighted by Gasteiger charge is -2.08. The second kappa shape index (κ2) is 5.70. The van der Waals surface area contributed by atoms with Crippen molar-refractivity contribution in [3.8, 4) is 0 Å². The van der Waals surface area contributed by atoms with Crippen LogP contribution in [0, 0.1) is 0 Å². The lowest BCUT2D eigenvalue weighted by molar-refractivity contribution is 0.0601. The highest BCUT2D eigenvalue weighted by molar-refractivity contribution is 9.10. The molecule has 0 bridgehead atoms. The van der Waals surface area contributed by atoms with Crippen molar-refractivity contribution in [2.24, 2.45) is 0 Å². The average molecular weight is 343 g/mol. The zero-order valence-electron chi connectivity index (χ0n) is 8.74. The number of hydrogen-bond donors (Lipinski definition) is 1. The van der Waals surface area contributed by atoms with E-state index in [1.807, 2.05) is 0 Å². The quantitative estimate of drug-likeness (QED) is 0.672. The Morgan fingerprint density at radius 3 is 2.71 bits per heavy atom. The molecule has 17 heavy (non-hydrogen) atoms. The number of carbonyl (C=O) groups is 1. The Bertz CT molecular complexity index is 532. The van der Waals surface area contributed by atoms with Gasteiger partial charge in [-0.1, -0.05) is 27.5 Å². The predicted octanol–water partition coefficient (Wildman–Crippen LogP) is 2.22. The topological polar surface area (TPSA) is 72.5 Å². The summed E-state index contributed by atoms with van der Waals surface area (Å²) in [5.74, 6) is -0.630. The van der Waals surface area contributed by atoms with E-state index in [9.17, 15) is 13.2 Å². The fourth-order valence-corrected chi connectivity index (χ4v) is 2.14. The first-order chi connectivity index (χ1) is 7.89. The molecule has 1 N–H and O–H groups in total. The van der Waals surface area contributed by atoms with Gasteiger partial charge in [0.25, 0.3) is 0 Å². The predicted molar refractivity (Wildman–Crippen MR) is 69.1 cm³/mol. The van der Waals surface area contributed by atoms with Gasteiger partial charge < -0.3 is 4.74 Å². The van der Waals surface area contributed by atoms with Crippen LogP contribution in [0.3, 0.4) is 0 Å². The van der Waals surface area contributed by atoms with Crippen LogP contribution in [-0.4, -0.2) is 26.2 Å². The van der Waals surface area contributed by atoms with E-state index in [1.165, 1.54) is 25.3 Å². The van der Waals surface area contributed by atoms with E-state index in [0.29, 0.717) is 0 Å². The second-order valence-corrected chi connectivity index (χ2v) is 6.44. The van der Waals surface area contributed by atoms with E-state index in [1.54, 1.807) is 0 Å². The molecule has 0 atom stereocenters. The fraction of sp³-hybridized carbons (Fsp3) is 0.222. The maximum atomic E-state index is 11.3. The van der Waals surface area contributed by atoms with Gasteiger partial charge in [0.05, 0.1) is 17.7 Å². The minimum Gasteiger partial charge on any atom is -0.465 e. The molecule has 94 valence electrons. The van der Waals surface area contributed by atoms with Gasteiger partial charge in [0, 0.05) is 5.69 Å². The molecule has 1 aromatic carbocycles. The molecule has 0 saturated carbocycles. The maximum Gasteiger partial charge on any atom is 0.339 e. The number of hydrogen-bond acceptors (Lipinski definition) is 4. The summed E-state index contributed by atoms with van der Waals surface area (Å²) in [6.07, 6.45) is 0. The number of benzene rings is 1. The van der Waals surface area contributed by atoms with Crippen molar-refractivity contribution < 1.29 is 17.9 Å². The number of nitrogens with one attached hydrogen (secondary N) is 1. The molecule has 0 unspecified atom stereocenters. The highest BCUT2D eigenvalue weighted by Crippen LogP contribution is 2.22. The third-order valence-corrected chi connectivity index (χ3v) is 4.76. The fourth-order valence-electron chi connectivity index (χ4n) is 1.06. The molecule has 0 aliphatic rings. The van der Waals surface area contributed by atoms with E-state index in [0.717, 1.165) is 0 Å². The molecule has 0 radical (unpaired) electrons. The molecule has 0 fully saturated rings. The number of alkyl halides is 1. The lowest BCUT2D eigenvalue weighted by atomic mass is 10.2. The van der Waals surface area contributed by atoms with Gasteiger partial charge in [-0.3, -0.25) is 4.72 Å². The summed E-state index contributed by atoms with van der Waals surface area (Å²) in [6, 6.07) is 4.18. The summed E-state index contributed by atoms with van der Waals surface area (Å²) in [5, 5.41) is 0.193. The third-order valence-electron chi connectivity index (χ3n) is 1.79. The molecule has 0 aliphatic carbocycles. The van der Waals surface area contributed by atoms with E-state index in [4.69, 9.17) is 11.6 Å². The van der Waals surface area contributed by atoms with Crippen LogP contribution in [0.1, 0.15) is 10.4 Å². The minimum atomic E-state index is -3.46. The van der Waals surface area contributed by atoms with Crippen LogP contribution in [0.5, 0.6) is 0 Å². The van der Waals surface area contributed by atoms with Crippen LogP contribution in [0.2, 0.25) is 5.02 Å². The molecular weight excluding hydrogens is 334 g/mol. The van der Waals surface area contributed by atoms with Gasteiger partial charge in [-0.05, 0) is 18.2 Å². The molecule has 5 nitrogen and oxygen atoms in total. The minimum absolute atomic E-state index is 0.101. The van der Waals surface area contributed by atoms with E-state index < -0.39 is 16.0 Å². The summed E-state index contributed by atoms with van der Waals surface area (Å²) in [6.45, 7) is 0. The Balaban J connectivity index is 3.09. The highest BCUT2D eigenvalue weighted by atomic mass is 79.9. The van der Waals surface area contributed by atoms with Gasteiger partial charge in [0.15, 0.2) is 0 Å². The van der Waals surface area contributed by atoms with Gasteiger partial charge in [-0.15, -0.1) is 0 Å². The van der Waals surface area contributed by atoms with Crippen molar-refractivity contribution in [1.82, 2.24) is 0 Å². The van der Waals surface area contributed by atoms with Crippen molar-refractivity contribution in [3.63, 3.8) is 0 Å². The van der Waals surface area contributed by atoms with E-state index in [2.05, 4.69) is 25.4 Å². The van der Waals surface area contributed by atoms with Crippen molar-refractivity contribution >= 4 is 49.2 Å². The van der Waals surface area contributed by atoms with Crippen molar-refractivity contribution in [1.29, 1.82) is 0 Å². The number of sulfonamides is 1. The zero-order chi connectivity index (χ0) is 13.1. The molecule has 8 heteroatoms. The molecule has 0 amide bonds. The molecule has 0 spiro atoms. The van der Waals surface area contributed by atoms with Gasteiger partial charge in [0.1, 0.15) is 4.66 Å². The number of esters is 1. The Labute approximate surface area is 112 Å².